The van der Waals surface area contributed by atoms with Crippen molar-refractivity contribution in [3.05, 3.63) is 29.8 Å². The van der Waals surface area contributed by atoms with Crippen molar-refractivity contribution >= 4 is 17.7 Å². The van der Waals surface area contributed by atoms with E-state index >= 15 is 0 Å². The first-order valence-corrected chi connectivity index (χ1v) is 6.74. The van der Waals surface area contributed by atoms with Crippen LogP contribution in [0.25, 0.3) is 0 Å². The van der Waals surface area contributed by atoms with Gasteiger partial charge in [0.25, 0.3) is 0 Å². The molecule has 0 aliphatic carbocycles. The van der Waals surface area contributed by atoms with Crippen LogP contribution < -0.4 is 5.32 Å². The minimum Gasteiger partial charge on any atom is -0.389 e. The molecule has 0 radical (unpaired) electrons. The Kier molecular flexibility index (Phi) is 6.78. The first-order valence-electron chi connectivity index (χ1n) is 5.75. The van der Waals surface area contributed by atoms with E-state index in [1.165, 1.54) is 18.9 Å². The van der Waals surface area contributed by atoms with Crippen molar-refractivity contribution < 1.29 is 14.6 Å². The lowest BCUT2D eigenvalue weighted by Crippen LogP contribution is -2.35. The lowest BCUT2D eigenvalue weighted by molar-refractivity contribution is -0.119. The van der Waals surface area contributed by atoms with Crippen molar-refractivity contribution in [3.63, 3.8) is 0 Å². The molecular formula is C13H19NO3S. The van der Waals surface area contributed by atoms with Crippen molar-refractivity contribution in [3.8, 4) is 0 Å². The van der Waals surface area contributed by atoms with E-state index < -0.39 is 6.10 Å². The third-order valence-electron chi connectivity index (χ3n) is 2.35. The van der Waals surface area contributed by atoms with Gasteiger partial charge >= 0.3 is 0 Å². The number of thioether (sulfide) groups is 1. The molecule has 100 valence electrons. The van der Waals surface area contributed by atoms with Gasteiger partial charge in [0.05, 0.1) is 18.5 Å². The van der Waals surface area contributed by atoms with Gasteiger partial charge in [-0.2, -0.15) is 0 Å². The molecule has 0 aliphatic rings. The summed E-state index contributed by atoms with van der Waals surface area (Å²) in [6.45, 7) is 2.47. The van der Waals surface area contributed by atoms with Gasteiger partial charge in [-0.3, -0.25) is 4.79 Å². The highest BCUT2D eigenvalue weighted by molar-refractivity contribution is 8.00. The van der Waals surface area contributed by atoms with E-state index in [1.54, 1.807) is 0 Å². The molecule has 1 aromatic rings. The summed E-state index contributed by atoms with van der Waals surface area (Å²) in [6, 6.07) is 7.94. The van der Waals surface area contributed by atoms with Crippen LogP contribution in [0.1, 0.15) is 5.56 Å². The number of carbonyl (C=O) groups excluding carboxylic acids is 1. The number of methoxy groups -OCH3 is 1. The fourth-order valence-electron chi connectivity index (χ4n) is 1.40. The highest BCUT2D eigenvalue weighted by atomic mass is 32.2. The van der Waals surface area contributed by atoms with Crippen LogP contribution in [-0.4, -0.2) is 43.1 Å². The van der Waals surface area contributed by atoms with Gasteiger partial charge in [-0.25, -0.2) is 0 Å². The first kappa shape index (κ1) is 15.0. The van der Waals surface area contributed by atoms with Crippen LogP contribution in [0.4, 0.5) is 0 Å². The Balaban J connectivity index is 2.27. The highest BCUT2D eigenvalue weighted by Gasteiger charge is 2.07. The summed E-state index contributed by atoms with van der Waals surface area (Å²) in [7, 11) is 1.51. The lowest BCUT2D eigenvalue weighted by Gasteiger charge is -2.11. The number of carbonyl (C=O) groups is 1. The molecule has 1 aromatic carbocycles. The molecule has 0 bridgehead atoms. The van der Waals surface area contributed by atoms with Gasteiger partial charge in [0.1, 0.15) is 0 Å². The molecule has 1 rings (SSSR count). The predicted octanol–water partition coefficient (Wildman–Crippen LogP) is 1.21. The maximum atomic E-state index is 11.6. The molecule has 0 aliphatic heterocycles. The van der Waals surface area contributed by atoms with E-state index in [0.717, 1.165) is 10.5 Å². The number of ether oxygens (including phenoxy) is 1. The Hall–Kier alpha value is -1.04. The minimum absolute atomic E-state index is 0.0848. The number of aliphatic hydroxyl groups excluding tert-OH is 1. The zero-order valence-electron chi connectivity index (χ0n) is 10.7. The zero-order chi connectivity index (χ0) is 13.4. The summed E-state index contributed by atoms with van der Waals surface area (Å²) in [5.41, 5.74) is 1.16. The second-order valence-corrected chi connectivity index (χ2v) is 4.98. The Labute approximate surface area is 112 Å². The summed E-state index contributed by atoms with van der Waals surface area (Å²) in [6.07, 6.45) is -0.651. The van der Waals surface area contributed by atoms with Gasteiger partial charge in [0.15, 0.2) is 0 Å². The van der Waals surface area contributed by atoms with E-state index in [2.05, 4.69) is 5.32 Å². The standard InChI is InChI=1S/C13H19NO3S/c1-10-5-3-4-6-12(10)18-9-13(16)14-7-11(15)8-17-2/h3-6,11,15H,7-9H2,1-2H3,(H,14,16)/t11-/m0/s1. The third kappa shape index (κ3) is 5.53. The quantitative estimate of drug-likeness (QED) is 0.731. The molecule has 18 heavy (non-hydrogen) atoms. The number of hydrogen-bond acceptors (Lipinski definition) is 4. The summed E-state index contributed by atoms with van der Waals surface area (Å²) >= 11 is 1.50. The Bertz CT molecular complexity index is 384. The van der Waals surface area contributed by atoms with E-state index in [9.17, 15) is 9.90 Å². The van der Waals surface area contributed by atoms with Gasteiger partial charge in [-0.05, 0) is 18.6 Å². The molecule has 0 saturated heterocycles. The topological polar surface area (TPSA) is 58.6 Å². The SMILES string of the molecule is COC[C@@H](O)CNC(=O)CSc1ccccc1C. The molecule has 0 spiro atoms. The summed E-state index contributed by atoms with van der Waals surface area (Å²) < 4.78 is 4.77. The van der Waals surface area contributed by atoms with Crippen LogP contribution in [0.15, 0.2) is 29.2 Å². The lowest BCUT2D eigenvalue weighted by atomic mass is 10.2. The molecule has 2 N–H and O–H groups in total. The van der Waals surface area contributed by atoms with Crippen molar-refractivity contribution in [1.29, 1.82) is 0 Å². The second kappa shape index (κ2) is 8.13. The normalized spacial score (nSPS) is 12.2. The number of nitrogens with one attached hydrogen (secondary N) is 1. The molecule has 4 nitrogen and oxygen atoms in total. The number of rotatable bonds is 7. The van der Waals surface area contributed by atoms with Gasteiger partial charge in [-0.15, -0.1) is 11.8 Å². The van der Waals surface area contributed by atoms with Crippen LogP contribution in [0.3, 0.4) is 0 Å². The van der Waals surface area contributed by atoms with Crippen molar-refractivity contribution in [2.75, 3.05) is 26.0 Å². The van der Waals surface area contributed by atoms with Gasteiger partial charge in [-0.1, -0.05) is 18.2 Å². The van der Waals surface area contributed by atoms with Crippen molar-refractivity contribution in [1.82, 2.24) is 5.32 Å². The number of amides is 1. The fraction of sp³-hybridized carbons (Fsp3) is 0.462. The summed E-state index contributed by atoms with van der Waals surface area (Å²) in [4.78, 5) is 12.7. The first-order chi connectivity index (χ1) is 8.63. The minimum atomic E-state index is -0.651. The number of hydrogen-bond donors (Lipinski definition) is 2. The second-order valence-electron chi connectivity index (χ2n) is 3.97. The monoisotopic (exact) mass is 269 g/mol. The highest BCUT2D eigenvalue weighted by Crippen LogP contribution is 2.21. The molecule has 0 unspecified atom stereocenters. The number of benzene rings is 1. The largest absolute Gasteiger partial charge is 0.389 e. The zero-order valence-corrected chi connectivity index (χ0v) is 11.5. The molecule has 0 aromatic heterocycles. The maximum Gasteiger partial charge on any atom is 0.230 e. The average Bonchev–Trinajstić information content (AvgIpc) is 2.36. The Morgan fingerprint density at radius 2 is 2.22 bits per heavy atom. The van der Waals surface area contributed by atoms with E-state index in [0.29, 0.717) is 5.75 Å². The molecule has 0 saturated carbocycles. The molecule has 1 atom stereocenters. The Morgan fingerprint density at radius 3 is 2.89 bits per heavy atom. The predicted molar refractivity (Wildman–Crippen MR) is 72.8 cm³/mol. The third-order valence-corrected chi connectivity index (χ3v) is 3.52. The van der Waals surface area contributed by atoms with E-state index in [4.69, 9.17) is 4.74 Å². The van der Waals surface area contributed by atoms with Crippen LogP contribution in [0.2, 0.25) is 0 Å². The fourth-order valence-corrected chi connectivity index (χ4v) is 2.25. The summed E-state index contributed by atoms with van der Waals surface area (Å²) in [5, 5.41) is 12.0. The Morgan fingerprint density at radius 1 is 1.50 bits per heavy atom. The van der Waals surface area contributed by atoms with Crippen molar-refractivity contribution in [2.45, 2.75) is 17.9 Å². The number of aryl methyl sites for hydroxylation is 1. The molecule has 0 fully saturated rings. The number of aliphatic hydroxyl groups is 1. The van der Waals surface area contributed by atoms with Gasteiger partial charge < -0.3 is 15.2 Å². The average molecular weight is 269 g/mol. The van der Waals surface area contributed by atoms with Crippen molar-refractivity contribution in [2.24, 2.45) is 0 Å². The molecule has 1 amide bonds. The van der Waals surface area contributed by atoms with Crippen LogP contribution in [0, 0.1) is 6.92 Å². The molecule has 0 heterocycles. The van der Waals surface area contributed by atoms with E-state index in [-0.39, 0.29) is 19.1 Å². The smallest absolute Gasteiger partial charge is 0.230 e. The van der Waals surface area contributed by atoms with Crippen LogP contribution >= 0.6 is 11.8 Å². The summed E-state index contributed by atoms with van der Waals surface area (Å²) in [5.74, 6) is 0.267. The maximum absolute atomic E-state index is 11.6. The van der Waals surface area contributed by atoms with E-state index in [1.807, 2.05) is 31.2 Å². The van der Waals surface area contributed by atoms with Gasteiger partial charge in [0.2, 0.25) is 5.91 Å². The molecule has 5 heteroatoms. The van der Waals surface area contributed by atoms with Crippen LogP contribution in [0.5, 0.6) is 0 Å². The van der Waals surface area contributed by atoms with Crippen LogP contribution in [-0.2, 0) is 9.53 Å². The van der Waals surface area contributed by atoms with Gasteiger partial charge in [0, 0.05) is 18.6 Å². The molecular weight excluding hydrogens is 250 g/mol.